The van der Waals surface area contributed by atoms with Crippen LogP contribution in [0.1, 0.15) is 17.5 Å². The Balaban J connectivity index is 0.00000225. The number of aliphatic hydroxyl groups is 1. The van der Waals surface area contributed by atoms with Crippen LogP contribution in [0.3, 0.4) is 0 Å². The predicted molar refractivity (Wildman–Crippen MR) is 113 cm³/mol. The number of guanidine groups is 1. The molecule has 1 unspecified atom stereocenters. The minimum Gasteiger partial charge on any atom is -0.392 e. The lowest BCUT2D eigenvalue weighted by molar-refractivity contribution is 0.174. The summed E-state index contributed by atoms with van der Waals surface area (Å²) in [6.07, 6.45) is 0.662. The van der Waals surface area contributed by atoms with Crippen LogP contribution in [0.15, 0.2) is 59.6 Å². The molecule has 2 aromatic carbocycles. The first kappa shape index (κ1) is 19.7. The van der Waals surface area contributed by atoms with Crippen LogP contribution in [-0.2, 0) is 13.1 Å². The largest absolute Gasteiger partial charge is 0.392 e. The summed E-state index contributed by atoms with van der Waals surface area (Å²) in [5, 5.41) is 12.8. The van der Waals surface area contributed by atoms with E-state index in [9.17, 15) is 5.11 Å². The maximum Gasteiger partial charge on any atom is 0.193 e. The summed E-state index contributed by atoms with van der Waals surface area (Å²) in [6.45, 7) is 3.07. The number of hydrogen-bond acceptors (Lipinski definition) is 3. The number of aliphatic imine (C=N–C) groups is 1. The van der Waals surface area contributed by atoms with Crippen LogP contribution in [0.5, 0.6) is 0 Å². The van der Waals surface area contributed by atoms with Gasteiger partial charge in [0.1, 0.15) is 0 Å². The summed E-state index contributed by atoms with van der Waals surface area (Å²) in [7, 11) is 0. The second kappa shape index (κ2) is 9.74. The molecule has 5 nitrogen and oxygen atoms in total. The molecule has 25 heavy (non-hydrogen) atoms. The van der Waals surface area contributed by atoms with Gasteiger partial charge in [0.25, 0.3) is 0 Å². The first-order chi connectivity index (χ1) is 11.7. The van der Waals surface area contributed by atoms with E-state index in [0.29, 0.717) is 12.5 Å². The van der Waals surface area contributed by atoms with E-state index in [1.54, 1.807) is 0 Å². The summed E-state index contributed by atoms with van der Waals surface area (Å²) < 4.78 is 0. The van der Waals surface area contributed by atoms with Crippen molar-refractivity contribution in [3.8, 4) is 0 Å². The highest BCUT2D eigenvalue weighted by Crippen LogP contribution is 2.17. The zero-order chi connectivity index (χ0) is 16.8. The number of rotatable bonds is 5. The van der Waals surface area contributed by atoms with Gasteiger partial charge in [0.2, 0.25) is 0 Å². The molecule has 0 aliphatic carbocycles. The molecule has 6 heteroatoms. The molecule has 0 spiro atoms. The Hall–Kier alpha value is -1.64. The van der Waals surface area contributed by atoms with Crippen molar-refractivity contribution in [2.45, 2.75) is 25.6 Å². The van der Waals surface area contributed by atoms with Gasteiger partial charge >= 0.3 is 0 Å². The Labute approximate surface area is 166 Å². The van der Waals surface area contributed by atoms with Crippen LogP contribution < -0.4 is 11.1 Å². The van der Waals surface area contributed by atoms with Gasteiger partial charge in [-0.25, -0.2) is 4.99 Å². The summed E-state index contributed by atoms with van der Waals surface area (Å²) in [5.74, 6) is 0.410. The molecule has 0 radical (unpaired) electrons. The summed E-state index contributed by atoms with van der Waals surface area (Å²) in [4.78, 5) is 6.73. The van der Waals surface area contributed by atoms with Gasteiger partial charge < -0.3 is 16.2 Å². The molecular formula is C19H25IN4O. The number of nitrogens with one attached hydrogen (secondary N) is 1. The van der Waals surface area contributed by atoms with Crippen molar-refractivity contribution in [2.75, 3.05) is 18.4 Å². The Morgan fingerprint density at radius 1 is 1.12 bits per heavy atom. The zero-order valence-corrected chi connectivity index (χ0v) is 16.5. The molecule has 1 fully saturated rings. The van der Waals surface area contributed by atoms with E-state index < -0.39 is 0 Å². The zero-order valence-electron chi connectivity index (χ0n) is 14.1. The average Bonchev–Trinajstić information content (AvgIpc) is 3.00. The number of β-amino-alcohol motifs (C(OH)–C–C–N with tert-alkyl or cyclic N) is 1. The molecule has 4 N–H and O–H groups in total. The van der Waals surface area contributed by atoms with Crippen molar-refractivity contribution >= 4 is 35.6 Å². The monoisotopic (exact) mass is 452 g/mol. The highest BCUT2D eigenvalue weighted by atomic mass is 127. The lowest BCUT2D eigenvalue weighted by Crippen LogP contribution is -2.23. The normalized spacial score (nSPS) is 18.0. The van der Waals surface area contributed by atoms with Crippen LogP contribution in [0.25, 0.3) is 0 Å². The van der Waals surface area contributed by atoms with Gasteiger partial charge in [0, 0.05) is 25.3 Å². The third-order valence-corrected chi connectivity index (χ3v) is 4.23. The molecule has 0 aromatic heterocycles. The predicted octanol–water partition coefficient (Wildman–Crippen LogP) is 2.80. The maximum absolute atomic E-state index is 9.67. The summed E-state index contributed by atoms with van der Waals surface area (Å²) in [6, 6.07) is 18.0. The molecule has 1 aliphatic heterocycles. The van der Waals surface area contributed by atoms with Crippen molar-refractivity contribution < 1.29 is 5.11 Å². The molecule has 1 heterocycles. The molecule has 3 rings (SSSR count). The van der Waals surface area contributed by atoms with E-state index in [1.165, 1.54) is 5.56 Å². The van der Waals surface area contributed by atoms with Crippen molar-refractivity contribution in [2.24, 2.45) is 10.7 Å². The molecule has 134 valence electrons. The van der Waals surface area contributed by atoms with Gasteiger partial charge in [-0.2, -0.15) is 0 Å². The fraction of sp³-hybridized carbons (Fsp3) is 0.316. The van der Waals surface area contributed by atoms with Gasteiger partial charge in [-0.15, -0.1) is 24.0 Å². The van der Waals surface area contributed by atoms with Gasteiger partial charge in [-0.05, 0) is 29.7 Å². The van der Waals surface area contributed by atoms with Crippen LogP contribution >= 0.6 is 24.0 Å². The van der Waals surface area contributed by atoms with Gasteiger partial charge in [0.05, 0.1) is 12.6 Å². The number of likely N-dealkylation sites (tertiary alicyclic amines) is 1. The minimum absolute atomic E-state index is 0. The highest BCUT2D eigenvalue weighted by Gasteiger charge is 2.20. The second-order valence-electron chi connectivity index (χ2n) is 6.14. The van der Waals surface area contributed by atoms with Gasteiger partial charge in [0.15, 0.2) is 5.96 Å². The van der Waals surface area contributed by atoms with E-state index in [-0.39, 0.29) is 30.1 Å². The Morgan fingerprint density at radius 2 is 1.80 bits per heavy atom. The second-order valence-corrected chi connectivity index (χ2v) is 6.14. The Kier molecular flexibility index (Phi) is 7.67. The number of para-hydroxylation sites is 1. The molecule has 0 saturated carbocycles. The quantitative estimate of drug-likeness (QED) is 0.371. The number of benzene rings is 2. The van der Waals surface area contributed by atoms with Crippen molar-refractivity contribution in [1.29, 1.82) is 0 Å². The minimum atomic E-state index is -0.194. The van der Waals surface area contributed by atoms with Crippen molar-refractivity contribution in [1.82, 2.24) is 4.90 Å². The summed E-state index contributed by atoms with van der Waals surface area (Å²) >= 11 is 0. The fourth-order valence-corrected chi connectivity index (χ4v) is 2.94. The SMILES string of the molecule is I.NC(=NCc1ccccc1CN1CCC(O)C1)Nc1ccccc1. The van der Waals surface area contributed by atoms with E-state index in [0.717, 1.165) is 37.3 Å². The third kappa shape index (κ3) is 5.98. The number of aliphatic hydroxyl groups excluding tert-OH is 1. The molecular weight excluding hydrogens is 427 g/mol. The molecule has 0 amide bonds. The Morgan fingerprint density at radius 3 is 2.48 bits per heavy atom. The fourth-order valence-electron chi connectivity index (χ4n) is 2.94. The highest BCUT2D eigenvalue weighted by molar-refractivity contribution is 14.0. The molecule has 1 saturated heterocycles. The van der Waals surface area contributed by atoms with E-state index in [1.807, 2.05) is 42.5 Å². The first-order valence-electron chi connectivity index (χ1n) is 8.30. The first-order valence-corrected chi connectivity index (χ1v) is 8.30. The van der Waals surface area contributed by atoms with Crippen LogP contribution in [0.2, 0.25) is 0 Å². The van der Waals surface area contributed by atoms with Crippen LogP contribution in [-0.4, -0.2) is 35.2 Å². The molecule has 1 atom stereocenters. The summed E-state index contributed by atoms with van der Waals surface area (Å²) in [5.41, 5.74) is 9.31. The lowest BCUT2D eigenvalue weighted by atomic mass is 10.1. The number of nitrogens with zero attached hydrogens (tertiary/aromatic N) is 2. The van der Waals surface area contributed by atoms with Gasteiger partial charge in [-0.3, -0.25) is 4.90 Å². The van der Waals surface area contributed by atoms with Crippen molar-refractivity contribution in [3.63, 3.8) is 0 Å². The average molecular weight is 452 g/mol. The Bertz CT molecular complexity index is 693. The number of anilines is 1. The van der Waals surface area contributed by atoms with Crippen LogP contribution in [0, 0.1) is 0 Å². The molecule has 2 aromatic rings. The molecule has 1 aliphatic rings. The lowest BCUT2D eigenvalue weighted by Gasteiger charge is -2.17. The number of halogens is 1. The van der Waals surface area contributed by atoms with Gasteiger partial charge in [-0.1, -0.05) is 42.5 Å². The smallest absolute Gasteiger partial charge is 0.193 e. The number of hydrogen-bond donors (Lipinski definition) is 3. The van der Waals surface area contributed by atoms with E-state index in [2.05, 4.69) is 27.3 Å². The third-order valence-electron chi connectivity index (χ3n) is 4.23. The topological polar surface area (TPSA) is 73.9 Å². The van der Waals surface area contributed by atoms with E-state index >= 15 is 0 Å². The standard InChI is InChI=1S/C19H24N4O.HI/c20-19(22-17-8-2-1-3-9-17)21-12-15-6-4-5-7-16(15)13-23-11-10-18(24)14-23;/h1-9,18,24H,10-14H2,(H3,20,21,22);1H. The van der Waals surface area contributed by atoms with E-state index in [4.69, 9.17) is 5.73 Å². The van der Waals surface area contributed by atoms with Crippen LogP contribution in [0.4, 0.5) is 5.69 Å². The maximum atomic E-state index is 9.67. The van der Waals surface area contributed by atoms with Crippen molar-refractivity contribution in [3.05, 3.63) is 65.7 Å². The number of nitrogens with two attached hydrogens (primary N) is 1. The molecule has 0 bridgehead atoms.